The second kappa shape index (κ2) is 14.9. The molecule has 0 aromatic heterocycles. The van der Waals surface area contributed by atoms with Crippen molar-refractivity contribution in [3.05, 3.63) is 59.7 Å². The van der Waals surface area contributed by atoms with Gasteiger partial charge in [-0.3, -0.25) is 0 Å². The van der Waals surface area contributed by atoms with Crippen molar-refractivity contribution in [2.75, 3.05) is 6.61 Å². The zero-order chi connectivity index (χ0) is 24.0. The minimum Gasteiger partial charge on any atom is -0.494 e. The van der Waals surface area contributed by atoms with Crippen LogP contribution in [0.3, 0.4) is 0 Å². The van der Waals surface area contributed by atoms with Crippen LogP contribution in [-0.2, 0) is 6.42 Å². The molecule has 0 bridgehead atoms. The van der Waals surface area contributed by atoms with Gasteiger partial charge in [-0.05, 0) is 73.1 Å². The van der Waals surface area contributed by atoms with Crippen molar-refractivity contribution in [1.29, 1.82) is 0 Å². The first-order chi connectivity index (χ1) is 16.7. The van der Waals surface area contributed by atoms with E-state index in [1.807, 2.05) is 36.4 Å². The Morgan fingerprint density at radius 2 is 1.38 bits per heavy atom. The van der Waals surface area contributed by atoms with Gasteiger partial charge >= 0.3 is 5.97 Å². The molecule has 0 heterocycles. The highest BCUT2D eigenvalue weighted by Crippen LogP contribution is 2.36. The van der Waals surface area contributed by atoms with Crippen molar-refractivity contribution in [2.24, 2.45) is 11.8 Å². The maximum Gasteiger partial charge on any atom is 0.343 e. The number of rotatable bonds is 14. The maximum absolute atomic E-state index is 12.4. The Morgan fingerprint density at radius 1 is 0.765 bits per heavy atom. The molecule has 2 unspecified atom stereocenters. The summed E-state index contributed by atoms with van der Waals surface area (Å²) in [6.07, 6.45) is 17.4. The third-order valence-electron chi connectivity index (χ3n) is 7.37. The Balaban J connectivity index is 1.36. The summed E-state index contributed by atoms with van der Waals surface area (Å²) in [6.45, 7) is 5.14. The summed E-state index contributed by atoms with van der Waals surface area (Å²) < 4.78 is 11.5. The minimum atomic E-state index is -0.339. The van der Waals surface area contributed by atoms with Crippen LogP contribution in [0.5, 0.6) is 11.5 Å². The number of unbranched alkanes of at least 4 members (excludes halogenated alkanes) is 4. The predicted octanol–water partition coefficient (Wildman–Crippen LogP) is 8.79. The first-order valence-corrected chi connectivity index (χ1v) is 13.7. The van der Waals surface area contributed by atoms with Crippen LogP contribution < -0.4 is 9.47 Å². The van der Waals surface area contributed by atoms with E-state index in [-0.39, 0.29) is 5.97 Å². The van der Waals surface area contributed by atoms with Gasteiger partial charge in [-0.1, -0.05) is 90.2 Å². The van der Waals surface area contributed by atoms with Gasteiger partial charge in [0.25, 0.3) is 0 Å². The molecule has 2 aromatic carbocycles. The largest absolute Gasteiger partial charge is 0.494 e. The van der Waals surface area contributed by atoms with E-state index < -0.39 is 0 Å². The second-order valence-electron chi connectivity index (χ2n) is 9.91. The second-order valence-corrected chi connectivity index (χ2v) is 9.91. The van der Waals surface area contributed by atoms with Crippen molar-refractivity contribution in [3.8, 4) is 11.5 Å². The molecule has 2 atom stereocenters. The molecular formula is C31H44O3. The van der Waals surface area contributed by atoms with Gasteiger partial charge in [0.2, 0.25) is 0 Å². The van der Waals surface area contributed by atoms with Crippen LogP contribution in [-0.4, -0.2) is 12.6 Å². The quantitative estimate of drug-likeness (QED) is 0.159. The topological polar surface area (TPSA) is 35.5 Å². The zero-order valence-corrected chi connectivity index (χ0v) is 21.4. The molecule has 1 saturated carbocycles. The van der Waals surface area contributed by atoms with E-state index in [4.69, 9.17) is 9.47 Å². The van der Waals surface area contributed by atoms with Crippen molar-refractivity contribution in [3.63, 3.8) is 0 Å². The average Bonchev–Trinajstić information content (AvgIpc) is 2.88. The van der Waals surface area contributed by atoms with Crippen LogP contribution in [0, 0.1) is 11.8 Å². The Bertz CT molecular complexity index is 825. The molecule has 2 aromatic rings. The first-order valence-electron chi connectivity index (χ1n) is 13.7. The summed E-state index contributed by atoms with van der Waals surface area (Å²) in [6, 6.07) is 15.0. The number of hydrogen-bond acceptors (Lipinski definition) is 3. The molecule has 0 saturated heterocycles. The van der Waals surface area contributed by atoms with E-state index in [0.29, 0.717) is 11.3 Å². The summed E-state index contributed by atoms with van der Waals surface area (Å²) >= 11 is 0. The van der Waals surface area contributed by atoms with Gasteiger partial charge in [-0.15, -0.1) is 0 Å². The van der Waals surface area contributed by atoms with Gasteiger partial charge in [0.05, 0.1) is 12.2 Å². The molecule has 0 N–H and O–H groups in total. The highest BCUT2D eigenvalue weighted by atomic mass is 16.5. The summed E-state index contributed by atoms with van der Waals surface area (Å²) in [5, 5.41) is 0. The molecule has 3 heteroatoms. The monoisotopic (exact) mass is 464 g/mol. The minimum absolute atomic E-state index is 0.339. The number of hydrogen-bond donors (Lipinski definition) is 0. The van der Waals surface area contributed by atoms with Crippen LogP contribution in [0.2, 0.25) is 0 Å². The summed E-state index contributed by atoms with van der Waals surface area (Å²) in [7, 11) is 0. The molecule has 186 valence electrons. The molecule has 1 fully saturated rings. The van der Waals surface area contributed by atoms with E-state index >= 15 is 0 Å². The number of esters is 1. The van der Waals surface area contributed by atoms with E-state index in [9.17, 15) is 4.79 Å². The normalized spacial score (nSPS) is 17.9. The van der Waals surface area contributed by atoms with E-state index in [1.54, 1.807) is 12.1 Å². The van der Waals surface area contributed by atoms with Gasteiger partial charge in [0, 0.05) is 0 Å². The molecule has 0 amide bonds. The van der Waals surface area contributed by atoms with Crippen LogP contribution in [0.25, 0.3) is 0 Å². The predicted molar refractivity (Wildman–Crippen MR) is 141 cm³/mol. The standard InChI is InChI=1S/C31H44O3/c1-3-5-6-7-8-12-26-13-9-10-14-27(26)15-11-24-33-29-22-18-28(19-23-29)31(32)34-30-20-16-25(4-2)17-21-30/h16-23,26-27H,3-15,24H2,1-2H3. The maximum atomic E-state index is 12.4. The molecule has 1 aliphatic rings. The number of aryl methyl sites for hydroxylation is 1. The fraction of sp³-hybridized carbons (Fsp3) is 0.581. The Labute approximate surface area is 207 Å². The molecule has 3 rings (SSSR count). The molecule has 0 radical (unpaired) electrons. The van der Waals surface area contributed by atoms with Gasteiger partial charge in [0.15, 0.2) is 0 Å². The Morgan fingerprint density at radius 3 is 2.03 bits per heavy atom. The van der Waals surface area contributed by atoms with Crippen molar-refractivity contribution >= 4 is 5.97 Å². The van der Waals surface area contributed by atoms with Gasteiger partial charge in [-0.25, -0.2) is 4.79 Å². The van der Waals surface area contributed by atoms with Crippen LogP contribution in [0.4, 0.5) is 0 Å². The molecule has 3 nitrogen and oxygen atoms in total. The highest BCUT2D eigenvalue weighted by molar-refractivity contribution is 5.91. The molecule has 0 spiro atoms. The van der Waals surface area contributed by atoms with Crippen LogP contribution in [0.1, 0.15) is 107 Å². The van der Waals surface area contributed by atoms with Gasteiger partial charge in [-0.2, -0.15) is 0 Å². The van der Waals surface area contributed by atoms with E-state index in [1.165, 1.54) is 76.2 Å². The molecule has 1 aliphatic carbocycles. The molecule has 0 aliphatic heterocycles. The van der Waals surface area contributed by atoms with E-state index in [0.717, 1.165) is 37.0 Å². The third-order valence-corrected chi connectivity index (χ3v) is 7.37. The Hall–Kier alpha value is -2.29. The van der Waals surface area contributed by atoms with Crippen molar-refractivity contribution in [2.45, 2.75) is 97.3 Å². The lowest BCUT2D eigenvalue weighted by Gasteiger charge is -2.31. The van der Waals surface area contributed by atoms with Crippen molar-refractivity contribution in [1.82, 2.24) is 0 Å². The van der Waals surface area contributed by atoms with Gasteiger partial charge < -0.3 is 9.47 Å². The van der Waals surface area contributed by atoms with Crippen molar-refractivity contribution < 1.29 is 14.3 Å². The lowest BCUT2D eigenvalue weighted by atomic mass is 9.74. The number of benzene rings is 2. The lowest BCUT2D eigenvalue weighted by Crippen LogP contribution is -2.20. The summed E-state index contributed by atoms with van der Waals surface area (Å²) in [4.78, 5) is 12.4. The Kier molecular flexibility index (Phi) is 11.5. The van der Waals surface area contributed by atoms with Crippen LogP contribution in [0.15, 0.2) is 48.5 Å². The fourth-order valence-corrected chi connectivity index (χ4v) is 5.24. The number of carbonyl (C=O) groups excluding carboxylic acids is 1. The summed E-state index contributed by atoms with van der Waals surface area (Å²) in [5.41, 5.74) is 1.76. The molecular weight excluding hydrogens is 420 g/mol. The van der Waals surface area contributed by atoms with Gasteiger partial charge in [0.1, 0.15) is 11.5 Å². The average molecular weight is 465 g/mol. The third kappa shape index (κ3) is 8.81. The van der Waals surface area contributed by atoms with E-state index in [2.05, 4.69) is 13.8 Å². The fourth-order valence-electron chi connectivity index (χ4n) is 5.24. The highest BCUT2D eigenvalue weighted by Gasteiger charge is 2.24. The first kappa shape index (κ1) is 26.3. The lowest BCUT2D eigenvalue weighted by molar-refractivity contribution is 0.0734. The SMILES string of the molecule is CCCCCCCC1CCCCC1CCCOc1ccc(C(=O)Oc2ccc(CC)cc2)cc1. The number of carbonyl (C=O) groups is 1. The van der Waals surface area contributed by atoms with Crippen LogP contribution >= 0.6 is 0 Å². The molecule has 34 heavy (non-hydrogen) atoms. The zero-order valence-electron chi connectivity index (χ0n) is 21.4. The summed E-state index contributed by atoms with van der Waals surface area (Å²) in [5.74, 6) is 2.87. The number of ether oxygens (including phenoxy) is 2. The smallest absolute Gasteiger partial charge is 0.343 e.